The van der Waals surface area contributed by atoms with E-state index in [9.17, 15) is 9.59 Å². The van der Waals surface area contributed by atoms with Gasteiger partial charge in [0, 0.05) is 38.3 Å². The fraction of sp³-hybridized carbons (Fsp3) is 0.423. The first kappa shape index (κ1) is 25.5. The average molecular weight is 497 g/mol. The standard InChI is InChI=1S/C26H32N4O6/c1-28(15-18-7-5-6-8-21(18)33-2)25(31)17-30-24(16-29-9-11-36-12-10-29)27-20-14-23(35-4)22(34-3)13-19(20)26(30)32/h5-8,13-14H,9-12,15-17H2,1-4H3. The summed E-state index contributed by atoms with van der Waals surface area (Å²) in [6, 6.07) is 10.9. The van der Waals surface area contributed by atoms with Gasteiger partial charge in [0.15, 0.2) is 11.5 Å². The Balaban J connectivity index is 1.70. The molecule has 1 aromatic heterocycles. The lowest BCUT2D eigenvalue weighted by Gasteiger charge is -2.27. The first-order valence-corrected chi connectivity index (χ1v) is 11.8. The van der Waals surface area contributed by atoms with E-state index in [1.165, 1.54) is 18.8 Å². The Kier molecular flexibility index (Phi) is 8.07. The number of para-hydroxylation sites is 1. The lowest BCUT2D eigenvalue weighted by molar-refractivity contribution is -0.131. The van der Waals surface area contributed by atoms with Crippen LogP contribution in [0.5, 0.6) is 17.2 Å². The molecule has 1 amide bonds. The zero-order valence-corrected chi connectivity index (χ0v) is 21.2. The van der Waals surface area contributed by atoms with E-state index in [0.29, 0.717) is 60.3 Å². The molecule has 2 aromatic carbocycles. The Bertz CT molecular complexity index is 1290. The summed E-state index contributed by atoms with van der Waals surface area (Å²) in [4.78, 5) is 35.5. The molecule has 0 radical (unpaired) electrons. The molecule has 192 valence electrons. The molecule has 0 saturated carbocycles. The molecule has 0 spiro atoms. The van der Waals surface area contributed by atoms with E-state index >= 15 is 0 Å². The second kappa shape index (κ2) is 11.4. The number of nitrogens with zero attached hydrogens (tertiary/aromatic N) is 4. The molecule has 10 heteroatoms. The van der Waals surface area contributed by atoms with Gasteiger partial charge in [-0.05, 0) is 12.1 Å². The maximum absolute atomic E-state index is 13.7. The molecular formula is C26H32N4O6. The van der Waals surface area contributed by atoms with E-state index in [2.05, 4.69) is 4.90 Å². The van der Waals surface area contributed by atoms with E-state index in [4.69, 9.17) is 23.9 Å². The summed E-state index contributed by atoms with van der Waals surface area (Å²) in [6.45, 7) is 3.31. The van der Waals surface area contributed by atoms with Gasteiger partial charge in [-0.15, -0.1) is 0 Å². The Morgan fingerprint density at radius 2 is 1.69 bits per heavy atom. The largest absolute Gasteiger partial charge is 0.496 e. The Morgan fingerprint density at radius 3 is 2.39 bits per heavy atom. The summed E-state index contributed by atoms with van der Waals surface area (Å²) < 4.78 is 23.1. The van der Waals surface area contributed by atoms with Crippen LogP contribution in [0.15, 0.2) is 41.2 Å². The second-order valence-electron chi connectivity index (χ2n) is 8.59. The van der Waals surface area contributed by atoms with Gasteiger partial charge in [-0.1, -0.05) is 18.2 Å². The maximum atomic E-state index is 13.7. The molecule has 3 aromatic rings. The fourth-order valence-electron chi connectivity index (χ4n) is 4.27. The van der Waals surface area contributed by atoms with Gasteiger partial charge < -0.3 is 23.8 Å². The van der Waals surface area contributed by atoms with Crippen molar-refractivity contribution in [1.82, 2.24) is 19.4 Å². The molecule has 0 unspecified atom stereocenters. The summed E-state index contributed by atoms with van der Waals surface area (Å²) in [6.07, 6.45) is 0. The van der Waals surface area contributed by atoms with Crippen molar-refractivity contribution in [2.24, 2.45) is 0 Å². The molecule has 0 bridgehead atoms. The van der Waals surface area contributed by atoms with Gasteiger partial charge in [-0.25, -0.2) is 4.98 Å². The summed E-state index contributed by atoms with van der Waals surface area (Å²) in [5.74, 6) is 1.92. The van der Waals surface area contributed by atoms with Crippen LogP contribution in [0, 0.1) is 0 Å². The van der Waals surface area contributed by atoms with Gasteiger partial charge in [0.1, 0.15) is 18.1 Å². The molecule has 10 nitrogen and oxygen atoms in total. The number of carbonyl (C=O) groups excluding carboxylic acids is 1. The van der Waals surface area contributed by atoms with Gasteiger partial charge in [0.25, 0.3) is 5.56 Å². The molecule has 1 aliphatic rings. The number of rotatable bonds is 9. The number of carbonyl (C=O) groups is 1. The Labute approximate surface area is 209 Å². The van der Waals surface area contributed by atoms with E-state index in [1.54, 1.807) is 31.2 Å². The van der Waals surface area contributed by atoms with Crippen molar-refractivity contribution >= 4 is 16.8 Å². The van der Waals surface area contributed by atoms with Crippen LogP contribution in [-0.4, -0.2) is 79.9 Å². The van der Waals surface area contributed by atoms with E-state index in [0.717, 1.165) is 18.7 Å². The number of hydrogen-bond acceptors (Lipinski definition) is 8. The zero-order valence-electron chi connectivity index (χ0n) is 21.2. The number of likely N-dealkylation sites (N-methyl/N-ethyl adjacent to an activating group) is 1. The van der Waals surface area contributed by atoms with Crippen molar-refractivity contribution in [1.29, 1.82) is 0 Å². The van der Waals surface area contributed by atoms with Crippen molar-refractivity contribution in [3.8, 4) is 17.2 Å². The highest BCUT2D eigenvalue weighted by Gasteiger charge is 2.21. The number of morpholine rings is 1. The van der Waals surface area contributed by atoms with Crippen LogP contribution in [0.4, 0.5) is 0 Å². The lowest BCUT2D eigenvalue weighted by atomic mass is 10.2. The number of ether oxygens (including phenoxy) is 4. The SMILES string of the molecule is COc1ccccc1CN(C)C(=O)Cn1c(CN2CCOCC2)nc2cc(OC)c(OC)cc2c1=O. The topological polar surface area (TPSA) is 95.4 Å². The zero-order chi connectivity index (χ0) is 25.7. The van der Waals surface area contributed by atoms with Crippen molar-refractivity contribution in [2.45, 2.75) is 19.6 Å². The molecule has 2 heterocycles. The molecule has 4 rings (SSSR count). The smallest absolute Gasteiger partial charge is 0.262 e. The van der Waals surface area contributed by atoms with Gasteiger partial charge >= 0.3 is 0 Å². The molecule has 0 N–H and O–H groups in total. The first-order chi connectivity index (χ1) is 17.4. The summed E-state index contributed by atoms with van der Waals surface area (Å²) in [7, 11) is 6.36. The quantitative estimate of drug-likeness (QED) is 0.444. The predicted octanol–water partition coefficient (Wildman–Crippen LogP) is 1.91. The predicted molar refractivity (Wildman–Crippen MR) is 135 cm³/mol. The highest BCUT2D eigenvalue weighted by molar-refractivity contribution is 5.82. The van der Waals surface area contributed by atoms with Gasteiger partial charge in [0.2, 0.25) is 5.91 Å². The summed E-state index contributed by atoms with van der Waals surface area (Å²) in [5, 5.41) is 0.360. The summed E-state index contributed by atoms with van der Waals surface area (Å²) >= 11 is 0. The number of amides is 1. The van der Waals surface area contributed by atoms with E-state index < -0.39 is 0 Å². The molecule has 1 saturated heterocycles. The third kappa shape index (κ3) is 5.44. The molecule has 1 fully saturated rings. The normalized spacial score (nSPS) is 14.0. The van der Waals surface area contributed by atoms with Gasteiger partial charge in [-0.3, -0.25) is 19.1 Å². The number of methoxy groups -OCH3 is 3. The fourth-order valence-corrected chi connectivity index (χ4v) is 4.27. The molecule has 0 aliphatic carbocycles. The van der Waals surface area contributed by atoms with E-state index in [-0.39, 0.29) is 18.0 Å². The van der Waals surface area contributed by atoms with Crippen molar-refractivity contribution in [3.05, 3.63) is 58.1 Å². The second-order valence-corrected chi connectivity index (χ2v) is 8.59. The van der Waals surface area contributed by atoms with Crippen molar-refractivity contribution in [2.75, 3.05) is 54.7 Å². The first-order valence-electron chi connectivity index (χ1n) is 11.8. The van der Waals surface area contributed by atoms with Gasteiger partial charge in [-0.2, -0.15) is 0 Å². The van der Waals surface area contributed by atoms with Crippen LogP contribution in [0.25, 0.3) is 10.9 Å². The third-order valence-electron chi connectivity index (χ3n) is 6.33. The maximum Gasteiger partial charge on any atom is 0.262 e. The van der Waals surface area contributed by atoms with Crippen LogP contribution >= 0.6 is 0 Å². The molecule has 36 heavy (non-hydrogen) atoms. The van der Waals surface area contributed by atoms with E-state index in [1.807, 2.05) is 24.3 Å². The Hall–Kier alpha value is -3.63. The van der Waals surface area contributed by atoms with Crippen molar-refractivity contribution in [3.63, 3.8) is 0 Å². The monoisotopic (exact) mass is 496 g/mol. The van der Waals surface area contributed by atoms with Crippen LogP contribution in [0.2, 0.25) is 0 Å². The average Bonchev–Trinajstić information content (AvgIpc) is 2.90. The Morgan fingerprint density at radius 1 is 1.03 bits per heavy atom. The highest BCUT2D eigenvalue weighted by atomic mass is 16.5. The number of hydrogen-bond donors (Lipinski definition) is 0. The number of fused-ring (bicyclic) bond motifs is 1. The van der Waals surface area contributed by atoms with Crippen LogP contribution < -0.4 is 19.8 Å². The van der Waals surface area contributed by atoms with Crippen LogP contribution in [-0.2, 0) is 29.2 Å². The number of benzene rings is 2. The minimum absolute atomic E-state index is 0.137. The van der Waals surface area contributed by atoms with Crippen LogP contribution in [0.1, 0.15) is 11.4 Å². The van der Waals surface area contributed by atoms with Crippen molar-refractivity contribution < 1.29 is 23.7 Å². The molecule has 0 atom stereocenters. The van der Waals surface area contributed by atoms with Gasteiger partial charge in [0.05, 0.1) is 52.0 Å². The highest BCUT2D eigenvalue weighted by Crippen LogP contribution is 2.30. The number of aromatic nitrogens is 2. The molecule has 1 aliphatic heterocycles. The summed E-state index contributed by atoms with van der Waals surface area (Å²) in [5.41, 5.74) is 1.07. The molecular weight excluding hydrogens is 464 g/mol. The third-order valence-corrected chi connectivity index (χ3v) is 6.33. The minimum Gasteiger partial charge on any atom is -0.496 e. The van der Waals surface area contributed by atoms with Crippen LogP contribution in [0.3, 0.4) is 0 Å². The minimum atomic E-state index is -0.303. The lowest BCUT2D eigenvalue weighted by Crippen LogP contribution is -2.40.